The van der Waals surface area contributed by atoms with Crippen LogP contribution in [0.1, 0.15) is 0 Å². The minimum Gasteiger partial charge on any atom is -0.399 e. The Morgan fingerprint density at radius 1 is 1.17 bits per heavy atom. The third kappa shape index (κ3) is 1.75. The molecule has 0 aliphatic heterocycles. The number of halogens is 1. The van der Waals surface area contributed by atoms with Gasteiger partial charge in [-0.3, -0.25) is 0 Å². The molecule has 0 amide bonds. The number of pyridine rings is 1. The summed E-state index contributed by atoms with van der Waals surface area (Å²) in [6.07, 6.45) is 3.46. The third-order valence-electron chi connectivity index (χ3n) is 2.72. The molecule has 4 N–H and O–H groups in total. The molecule has 0 atom stereocenters. The normalized spacial score (nSPS) is 10.7. The Morgan fingerprint density at radius 2 is 2.06 bits per heavy atom. The molecule has 18 heavy (non-hydrogen) atoms. The van der Waals surface area contributed by atoms with Crippen LogP contribution in [-0.2, 0) is 0 Å². The van der Waals surface area contributed by atoms with Crippen molar-refractivity contribution in [3.8, 4) is 0 Å². The second-order valence-electron chi connectivity index (χ2n) is 3.96. The SMILES string of the molecule is Nc1ccc(Nc2ccnc3[nH]ccc23)c(F)c1. The van der Waals surface area contributed by atoms with Gasteiger partial charge < -0.3 is 16.0 Å². The standard InChI is InChI=1S/C13H11FN4/c14-10-7-8(15)1-2-12(10)18-11-4-6-17-13-9(11)3-5-16-13/h1-7H,15H2,(H2,16,17,18). The molecule has 1 aromatic carbocycles. The van der Waals surface area contributed by atoms with Gasteiger partial charge in [-0.15, -0.1) is 0 Å². The van der Waals surface area contributed by atoms with E-state index in [4.69, 9.17) is 5.73 Å². The van der Waals surface area contributed by atoms with Gasteiger partial charge in [0.2, 0.25) is 0 Å². The maximum atomic E-state index is 13.7. The Balaban J connectivity index is 2.03. The molecule has 0 radical (unpaired) electrons. The van der Waals surface area contributed by atoms with Crippen molar-refractivity contribution < 1.29 is 4.39 Å². The number of hydrogen-bond acceptors (Lipinski definition) is 3. The average molecular weight is 242 g/mol. The Labute approximate surface area is 103 Å². The van der Waals surface area contributed by atoms with Gasteiger partial charge in [-0.25, -0.2) is 9.37 Å². The van der Waals surface area contributed by atoms with Crippen molar-refractivity contribution in [1.29, 1.82) is 0 Å². The van der Waals surface area contributed by atoms with Crippen LogP contribution in [0.3, 0.4) is 0 Å². The number of benzene rings is 1. The highest BCUT2D eigenvalue weighted by Gasteiger charge is 2.06. The smallest absolute Gasteiger partial charge is 0.148 e. The fourth-order valence-electron chi connectivity index (χ4n) is 1.85. The zero-order valence-electron chi connectivity index (χ0n) is 9.44. The molecule has 5 heteroatoms. The van der Waals surface area contributed by atoms with Gasteiger partial charge >= 0.3 is 0 Å². The van der Waals surface area contributed by atoms with E-state index in [0.29, 0.717) is 11.4 Å². The number of H-pyrrole nitrogens is 1. The van der Waals surface area contributed by atoms with Crippen LogP contribution in [0.25, 0.3) is 11.0 Å². The summed E-state index contributed by atoms with van der Waals surface area (Å²) in [6.45, 7) is 0. The molecular weight excluding hydrogens is 231 g/mol. The van der Waals surface area contributed by atoms with Crippen LogP contribution in [0.4, 0.5) is 21.5 Å². The fourth-order valence-corrected chi connectivity index (χ4v) is 1.85. The van der Waals surface area contributed by atoms with Crippen molar-refractivity contribution in [2.75, 3.05) is 11.1 Å². The Bertz CT molecular complexity index is 705. The van der Waals surface area contributed by atoms with Crippen LogP contribution < -0.4 is 11.1 Å². The van der Waals surface area contributed by atoms with E-state index < -0.39 is 0 Å². The number of anilines is 3. The summed E-state index contributed by atoms with van der Waals surface area (Å²) < 4.78 is 13.7. The van der Waals surface area contributed by atoms with Gasteiger partial charge in [0.05, 0.1) is 11.4 Å². The largest absolute Gasteiger partial charge is 0.399 e. The zero-order chi connectivity index (χ0) is 12.5. The highest BCUT2D eigenvalue weighted by molar-refractivity contribution is 5.91. The molecule has 4 nitrogen and oxygen atoms in total. The van der Waals surface area contributed by atoms with E-state index in [1.54, 1.807) is 30.6 Å². The van der Waals surface area contributed by atoms with Crippen molar-refractivity contribution in [3.63, 3.8) is 0 Å². The maximum absolute atomic E-state index is 13.7. The maximum Gasteiger partial charge on any atom is 0.148 e. The summed E-state index contributed by atoms with van der Waals surface area (Å²) in [6, 6.07) is 8.24. The van der Waals surface area contributed by atoms with Crippen molar-refractivity contribution in [2.24, 2.45) is 0 Å². The number of nitrogens with one attached hydrogen (secondary N) is 2. The summed E-state index contributed by atoms with van der Waals surface area (Å²) >= 11 is 0. The monoisotopic (exact) mass is 242 g/mol. The van der Waals surface area contributed by atoms with Crippen LogP contribution in [0.2, 0.25) is 0 Å². The second-order valence-corrected chi connectivity index (χ2v) is 3.96. The minimum absolute atomic E-state index is 0.379. The Kier molecular flexibility index (Phi) is 2.37. The zero-order valence-corrected chi connectivity index (χ0v) is 9.44. The van der Waals surface area contributed by atoms with Crippen molar-refractivity contribution in [2.45, 2.75) is 0 Å². The summed E-state index contributed by atoms with van der Waals surface area (Å²) in [5.41, 5.74) is 7.86. The first kappa shape index (κ1) is 10.6. The molecule has 2 aromatic heterocycles. The minimum atomic E-state index is -0.379. The molecule has 0 fully saturated rings. The quantitative estimate of drug-likeness (QED) is 0.605. The topological polar surface area (TPSA) is 66.7 Å². The molecular formula is C13H11FN4. The van der Waals surface area contributed by atoms with Gasteiger partial charge in [0, 0.05) is 23.5 Å². The van der Waals surface area contributed by atoms with Crippen LogP contribution in [-0.4, -0.2) is 9.97 Å². The molecule has 0 aliphatic rings. The van der Waals surface area contributed by atoms with Gasteiger partial charge in [0.1, 0.15) is 11.5 Å². The molecule has 3 aromatic rings. The molecule has 90 valence electrons. The first-order valence-electron chi connectivity index (χ1n) is 5.48. The van der Waals surface area contributed by atoms with Gasteiger partial charge in [-0.05, 0) is 30.3 Å². The number of nitrogen functional groups attached to an aromatic ring is 1. The number of nitrogens with zero attached hydrogens (tertiary/aromatic N) is 1. The summed E-state index contributed by atoms with van der Waals surface area (Å²) in [7, 11) is 0. The average Bonchev–Trinajstić information content (AvgIpc) is 2.82. The van der Waals surface area contributed by atoms with Gasteiger partial charge in [0.25, 0.3) is 0 Å². The van der Waals surface area contributed by atoms with Crippen LogP contribution in [0.5, 0.6) is 0 Å². The predicted octanol–water partition coefficient (Wildman–Crippen LogP) is 3.03. The first-order chi connectivity index (χ1) is 8.74. The lowest BCUT2D eigenvalue weighted by Crippen LogP contribution is -1.96. The molecule has 0 saturated carbocycles. The van der Waals surface area contributed by atoms with Crippen LogP contribution in [0.15, 0.2) is 42.7 Å². The van der Waals surface area contributed by atoms with E-state index in [0.717, 1.165) is 16.7 Å². The highest BCUT2D eigenvalue weighted by atomic mass is 19.1. The van der Waals surface area contributed by atoms with E-state index in [1.807, 2.05) is 6.07 Å². The van der Waals surface area contributed by atoms with E-state index in [2.05, 4.69) is 15.3 Å². The number of fused-ring (bicyclic) bond motifs is 1. The van der Waals surface area contributed by atoms with Crippen molar-refractivity contribution in [3.05, 3.63) is 48.5 Å². The highest BCUT2D eigenvalue weighted by Crippen LogP contribution is 2.26. The van der Waals surface area contributed by atoms with Crippen molar-refractivity contribution in [1.82, 2.24) is 9.97 Å². The molecule has 3 rings (SSSR count). The lowest BCUT2D eigenvalue weighted by atomic mass is 10.2. The first-order valence-corrected chi connectivity index (χ1v) is 5.48. The van der Waals surface area contributed by atoms with Gasteiger partial charge in [0.15, 0.2) is 0 Å². The molecule has 2 heterocycles. The number of aromatic amines is 1. The Hall–Kier alpha value is -2.56. The predicted molar refractivity (Wildman–Crippen MR) is 70.2 cm³/mol. The lowest BCUT2D eigenvalue weighted by molar-refractivity contribution is 0.632. The van der Waals surface area contributed by atoms with E-state index >= 15 is 0 Å². The van der Waals surface area contributed by atoms with Crippen molar-refractivity contribution >= 4 is 28.1 Å². The Morgan fingerprint density at radius 3 is 2.89 bits per heavy atom. The number of nitrogens with two attached hydrogens (primary N) is 1. The second kappa shape index (κ2) is 4.03. The number of rotatable bonds is 2. The van der Waals surface area contributed by atoms with Crippen LogP contribution >= 0.6 is 0 Å². The fraction of sp³-hybridized carbons (Fsp3) is 0. The molecule has 0 aliphatic carbocycles. The summed E-state index contributed by atoms with van der Waals surface area (Å²) in [5, 5.41) is 3.95. The molecule has 0 saturated heterocycles. The lowest BCUT2D eigenvalue weighted by Gasteiger charge is -2.08. The number of hydrogen-bond donors (Lipinski definition) is 3. The van der Waals surface area contributed by atoms with Gasteiger partial charge in [-0.2, -0.15) is 0 Å². The summed E-state index contributed by atoms with van der Waals surface area (Å²) in [5.74, 6) is -0.379. The number of aromatic nitrogens is 2. The van der Waals surface area contributed by atoms with E-state index in [1.165, 1.54) is 6.07 Å². The van der Waals surface area contributed by atoms with E-state index in [-0.39, 0.29) is 5.82 Å². The molecule has 0 bridgehead atoms. The summed E-state index contributed by atoms with van der Waals surface area (Å²) in [4.78, 5) is 7.18. The van der Waals surface area contributed by atoms with Crippen LogP contribution in [0, 0.1) is 5.82 Å². The molecule has 0 spiro atoms. The molecule has 0 unspecified atom stereocenters. The van der Waals surface area contributed by atoms with E-state index in [9.17, 15) is 4.39 Å². The van der Waals surface area contributed by atoms with Gasteiger partial charge in [-0.1, -0.05) is 0 Å². The third-order valence-corrected chi connectivity index (χ3v) is 2.72.